The molecular formula is C23H36N2O5. The number of aliphatic hydroxyl groups is 1. The van der Waals surface area contributed by atoms with Crippen LogP contribution in [-0.2, 0) is 16.1 Å². The van der Waals surface area contributed by atoms with E-state index >= 15 is 0 Å². The third kappa shape index (κ3) is 5.65. The lowest BCUT2D eigenvalue weighted by Gasteiger charge is -2.38. The van der Waals surface area contributed by atoms with Crippen LogP contribution in [0.15, 0.2) is 18.2 Å². The number of nitrogens with zero attached hydrogens (tertiary/aromatic N) is 2. The second kappa shape index (κ2) is 10.3. The number of hydrogen-bond donors (Lipinski definition) is 1. The molecule has 168 valence electrons. The number of hydrogen-bond acceptors (Lipinski definition) is 7. The molecule has 1 spiro atoms. The summed E-state index contributed by atoms with van der Waals surface area (Å²) in [5.74, 6) is 1.36. The second-order valence-corrected chi connectivity index (χ2v) is 8.96. The number of aliphatic hydroxyl groups excluding tert-OH is 1. The lowest BCUT2D eigenvalue weighted by molar-refractivity contribution is -0.187. The van der Waals surface area contributed by atoms with Crippen LogP contribution in [0.5, 0.6) is 11.5 Å². The molecule has 0 amide bonds. The van der Waals surface area contributed by atoms with Crippen molar-refractivity contribution >= 4 is 0 Å². The minimum absolute atomic E-state index is 0.255. The molecule has 0 bridgehead atoms. The summed E-state index contributed by atoms with van der Waals surface area (Å²) >= 11 is 0. The number of benzene rings is 1. The molecule has 3 aliphatic rings. The van der Waals surface area contributed by atoms with Gasteiger partial charge < -0.3 is 24.2 Å². The first-order valence-corrected chi connectivity index (χ1v) is 11.3. The molecule has 0 saturated carbocycles. The molecule has 1 N–H and O–H groups in total. The maximum absolute atomic E-state index is 10.6. The van der Waals surface area contributed by atoms with E-state index < -0.39 is 6.10 Å². The fourth-order valence-corrected chi connectivity index (χ4v) is 4.70. The van der Waals surface area contributed by atoms with Crippen LogP contribution in [-0.4, -0.2) is 80.9 Å². The van der Waals surface area contributed by atoms with Crippen molar-refractivity contribution in [2.75, 3.05) is 59.7 Å². The Morgan fingerprint density at radius 1 is 1.10 bits per heavy atom. The molecule has 3 aliphatic heterocycles. The topological polar surface area (TPSA) is 63.6 Å². The SMILES string of the molecule is COc1ccc(CN2CCCCO2)cc1OCC(O)CN1CCC2(CCOC2)CC1. The van der Waals surface area contributed by atoms with Crippen LogP contribution >= 0.6 is 0 Å². The van der Waals surface area contributed by atoms with Gasteiger partial charge in [-0.05, 0) is 68.3 Å². The molecule has 3 saturated heterocycles. The first-order valence-electron chi connectivity index (χ1n) is 11.3. The van der Waals surface area contributed by atoms with E-state index in [2.05, 4.69) is 4.90 Å². The van der Waals surface area contributed by atoms with Crippen molar-refractivity contribution in [3.8, 4) is 11.5 Å². The summed E-state index contributed by atoms with van der Waals surface area (Å²) in [5, 5.41) is 12.6. The van der Waals surface area contributed by atoms with Crippen molar-refractivity contribution in [1.29, 1.82) is 0 Å². The van der Waals surface area contributed by atoms with Crippen molar-refractivity contribution < 1.29 is 24.2 Å². The maximum atomic E-state index is 10.6. The van der Waals surface area contributed by atoms with Gasteiger partial charge in [0, 0.05) is 26.2 Å². The summed E-state index contributed by atoms with van der Waals surface area (Å²) in [7, 11) is 1.64. The molecular weight excluding hydrogens is 384 g/mol. The van der Waals surface area contributed by atoms with Crippen LogP contribution in [0.3, 0.4) is 0 Å². The van der Waals surface area contributed by atoms with Gasteiger partial charge in [-0.1, -0.05) is 6.07 Å². The van der Waals surface area contributed by atoms with Crippen LogP contribution in [0.4, 0.5) is 0 Å². The summed E-state index contributed by atoms with van der Waals surface area (Å²) in [6.45, 7) is 7.21. The van der Waals surface area contributed by atoms with Gasteiger partial charge in [0.2, 0.25) is 0 Å². The predicted molar refractivity (Wildman–Crippen MR) is 114 cm³/mol. The Morgan fingerprint density at radius 2 is 1.97 bits per heavy atom. The Morgan fingerprint density at radius 3 is 2.67 bits per heavy atom. The molecule has 4 rings (SSSR count). The van der Waals surface area contributed by atoms with Gasteiger partial charge in [0.15, 0.2) is 11.5 Å². The van der Waals surface area contributed by atoms with Crippen LogP contribution in [0.2, 0.25) is 0 Å². The van der Waals surface area contributed by atoms with Gasteiger partial charge >= 0.3 is 0 Å². The fraction of sp³-hybridized carbons (Fsp3) is 0.739. The van der Waals surface area contributed by atoms with Crippen molar-refractivity contribution in [3.05, 3.63) is 23.8 Å². The monoisotopic (exact) mass is 420 g/mol. The average Bonchev–Trinajstić information content (AvgIpc) is 3.23. The molecule has 3 heterocycles. The second-order valence-electron chi connectivity index (χ2n) is 8.96. The zero-order valence-electron chi connectivity index (χ0n) is 18.2. The van der Waals surface area contributed by atoms with Crippen molar-refractivity contribution in [1.82, 2.24) is 9.96 Å². The number of hydroxylamine groups is 2. The highest BCUT2D eigenvalue weighted by Crippen LogP contribution is 2.39. The largest absolute Gasteiger partial charge is 0.493 e. The lowest BCUT2D eigenvalue weighted by Crippen LogP contribution is -2.44. The van der Waals surface area contributed by atoms with E-state index in [4.69, 9.17) is 19.0 Å². The molecule has 1 aromatic carbocycles. The molecule has 3 fully saturated rings. The summed E-state index contributed by atoms with van der Waals surface area (Å²) in [6.07, 6.45) is 5.26. The van der Waals surface area contributed by atoms with E-state index in [1.165, 1.54) is 6.42 Å². The first-order chi connectivity index (χ1) is 14.7. The van der Waals surface area contributed by atoms with E-state index in [9.17, 15) is 5.11 Å². The molecule has 0 aliphatic carbocycles. The Bertz CT molecular complexity index is 664. The van der Waals surface area contributed by atoms with E-state index in [1.807, 2.05) is 23.3 Å². The molecule has 7 heteroatoms. The van der Waals surface area contributed by atoms with Gasteiger partial charge in [-0.25, -0.2) is 0 Å². The standard InChI is InChI=1S/C23H36N2O5/c1-27-21-5-4-19(15-25-9-2-3-12-30-25)14-22(21)29-17-20(26)16-24-10-6-23(7-11-24)8-13-28-18-23/h4-5,14,20,26H,2-3,6-13,15-18H2,1H3. The van der Waals surface area contributed by atoms with Gasteiger partial charge in [-0.2, -0.15) is 5.06 Å². The highest BCUT2D eigenvalue weighted by atomic mass is 16.7. The van der Waals surface area contributed by atoms with Crippen LogP contribution < -0.4 is 9.47 Å². The van der Waals surface area contributed by atoms with E-state index in [0.29, 0.717) is 23.5 Å². The zero-order valence-corrected chi connectivity index (χ0v) is 18.2. The first kappa shape index (κ1) is 21.8. The van der Waals surface area contributed by atoms with Gasteiger partial charge in [-0.3, -0.25) is 4.84 Å². The van der Waals surface area contributed by atoms with Crippen molar-refractivity contribution in [3.63, 3.8) is 0 Å². The zero-order chi connectivity index (χ0) is 20.8. The average molecular weight is 421 g/mol. The van der Waals surface area contributed by atoms with Gasteiger partial charge in [0.25, 0.3) is 0 Å². The Balaban J connectivity index is 1.26. The summed E-state index contributed by atoms with van der Waals surface area (Å²) < 4.78 is 17.0. The summed E-state index contributed by atoms with van der Waals surface area (Å²) in [5.41, 5.74) is 1.51. The number of piperidine rings is 1. The van der Waals surface area contributed by atoms with E-state index in [-0.39, 0.29) is 6.61 Å². The Hall–Kier alpha value is -1.38. The number of ether oxygens (including phenoxy) is 3. The Labute approximate surface area is 179 Å². The molecule has 1 unspecified atom stereocenters. The van der Waals surface area contributed by atoms with Gasteiger partial charge in [0.05, 0.1) is 20.3 Å². The highest BCUT2D eigenvalue weighted by Gasteiger charge is 2.38. The molecule has 1 atom stereocenters. The molecule has 1 aromatic rings. The van der Waals surface area contributed by atoms with Crippen molar-refractivity contribution in [2.45, 2.75) is 44.8 Å². The molecule has 7 nitrogen and oxygen atoms in total. The minimum atomic E-state index is -0.530. The van der Waals surface area contributed by atoms with Gasteiger partial charge in [-0.15, -0.1) is 0 Å². The van der Waals surface area contributed by atoms with Crippen LogP contribution in [0.25, 0.3) is 0 Å². The van der Waals surface area contributed by atoms with Crippen LogP contribution in [0, 0.1) is 5.41 Å². The van der Waals surface area contributed by atoms with E-state index in [1.54, 1.807) is 7.11 Å². The molecule has 0 aromatic heterocycles. The predicted octanol–water partition coefficient (Wildman–Crippen LogP) is 2.46. The summed E-state index contributed by atoms with van der Waals surface area (Å²) in [4.78, 5) is 8.05. The van der Waals surface area contributed by atoms with E-state index in [0.717, 1.165) is 77.2 Å². The van der Waals surface area contributed by atoms with Crippen molar-refractivity contribution in [2.24, 2.45) is 5.41 Å². The third-order valence-corrected chi connectivity index (χ3v) is 6.66. The van der Waals surface area contributed by atoms with Crippen LogP contribution in [0.1, 0.15) is 37.7 Å². The maximum Gasteiger partial charge on any atom is 0.161 e. The quantitative estimate of drug-likeness (QED) is 0.693. The lowest BCUT2D eigenvalue weighted by atomic mass is 9.78. The number of rotatable bonds is 8. The normalized spacial score (nSPS) is 23.5. The number of methoxy groups -OCH3 is 1. The minimum Gasteiger partial charge on any atom is -0.493 e. The highest BCUT2D eigenvalue weighted by molar-refractivity contribution is 5.43. The number of likely N-dealkylation sites (tertiary alicyclic amines) is 1. The number of β-amino-alcohol motifs (C(OH)–C–C–N with tert-alkyl or cyclic N) is 1. The molecule has 30 heavy (non-hydrogen) atoms. The Kier molecular flexibility index (Phi) is 7.49. The van der Waals surface area contributed by atoms with Gasteiger partial charge in [0.1, 0.15) is 12.7 Å². The third-order valence-electron chi connectivity index (χ3n) is 6.66. The summed E-state index contributed by atoms with van der Waals surface area (Å²) in [6, 6.07) is 5.96. The smallest absolute Gasteiger partial charge is 0.161 e. The fourth-order valence-electron chi connectivity index (χ4n) is 4.70. The molecule has 0 radical (unpaired) electrons.